The smallest absolute Gasteiger partial charge is 0.152 e. The van der Waals surface area contributed by atoms with E-state index in [1.807, 2.05) is 43.1 Å². The van der Waals surface area contributed by atoms with Crippen molar-refractivity contribution in [2.24, 2.45) is 5.10 Å². The fourth-order valence-corrected chi connectivity index (χ4v) is 4.05. The Labute approximate surface area is 120 Å². The molecule has 1 saturated heterocycles. The molecule has 2 N–H and O–H groups in total. The summed E-state index contributed by atoms with van der Waals surface area (Å²) >= 11 is 0. The second-order valence-corrected chi connectivity index (χ2v) is 7.67. The summed E-state index contributed by atoms with van der Waals surface area (Å²) in [4.78, 5) is 0. The number of sulfone groups is 1. The molecule has 2 rings (SSSR count). The van der Waals surface area contributed by atoms with Crippen LogP contribution in [0, 0.1) is 0 Å². The Balaban J connectivity index is 2.16. The van der Waals surface area contributed by atoms with E-state index in [1.54, 1.807) is 0 Å². The molecule has 1 aromatic rings. The lowest BCUT2D eigenvalue weighted by Gasteiger charge is -2.25. The second-order valence-electron chi connectivity index (χ2n) is 5.44. The van der Waals surface area contributed by atoms with E-state index in [0.29, 0.717) is 13.0 Å². The lowest BCUT2D eigenvalue weighted by atomic mass is 10.1. The fourth-order valence-electron chi connectivity index (χ4n) is 2.32. The molecule has 0 spiro atoms. The van der Waals surface area contributed by atoms with Crippen molar-refractivity contribution in [3.05, 3.63) is 29.8 Å². The summed E-state index contributed by atoms with van der Waals surface area (Å²) in [6, 6.07) is 7.56. The van der Waals surface area contributed by atoms with Crippen LogP contribution < -0.4 is 5.73 Å². The Morgan fingerprint density at radius 2 is 2.00 bits per heavy atom. The summed E-state index contributed by atoms with van der Waals surface area (Å²) in [7, 11) is -2.91. The van der Waals surface area contributed by atoms with E-state index in [1.165, 1.54) is 0 Å². The van der Waals surface area contributed by atoms with E-state index >= 15 is 0 Å². The Kier molecular flexibility index (Phi) is 4.32. The summed E-state index contributed by atoms with van der Waals surface area (Å²) < 4.78 is 23.3. The minimum atomic E-state index is -2.91. The molecule has 1 heterocycles. The molecular weight excluding hydrogens is 274 g/mol. The number of hydrogen-bond donors (Lipinski definition) is 1. The van der Waals surface area contributed by atoms with Crippen molar-refractivity contribution in [2.45, 2.75) is 32.9 Å². The average molecular weight is 295 g/mol. The van der Waals surface area contributed by atoms with Gasteiger partial charge in [-0.15, -0.1) is 0 Å². The number of rotatable bonds is 4. The van der Waals surface area contributed by atoms with Crippen molar-refractivity contribution in [1.82, 2.24) is 5.01 Å². The molecule has 20 heavy (non-hydrogen) atoms. The van der Waals surface area contributed by atoms with Crippen LogP contribution >= 0.6 is 0 Å². The van der Waals surface area contributed by atoms with Crippen LogP contribution in [0.5, 0.6) is 0 Å². The molecule has 1 fully saturated rings. The monoisotopic (exact) mass is 295 g/mol. The lowest BCUT2D eigenvalue weighted by Crippen LogP contribution is -2.32. The number of nitrogens with zero attached hydrogens (tertiary/aromatic N) is 2. The highest BCUT2D eigenvalue weighted by atomic mass is 32.2. The first kappa shape index (κ1) is 14.8. The summed E-state index contributed by atoms with van der Waals surface area (Å²) in [5, 5.41) is 6.39. The van der Waals surface area contributed by atoms with Crippen molar-refractivity contribution < 1.29 is 8.42 Å². The van der Waals surface area contributed by atoms with Crippen LogP contribution in [-0.4, -0.2) is 36.7 Å². The zero-order valence-corrected chi connectivity index (χ0v) is 12.7. The maximum absolute atomic E-state index is 11.6. The molecule has 1 aromatic carbocycles. The molecule has 1 aliphatic rings. The van der Waals surface area contributed by atoms with Crippen LogP contribution in [0.3, 0.4) is 0 Å². The maximum Gasteiger partial charge on any atom is 0.152 e. The summed E-state index contributed by atoms with van der Waals surface area (Å²) in [5.74, 6) is 0.451. The van der Waals surface area contributed by atoms with Gasteiger partial charge in [0.15, 0.2) is 9.84 Å². The van der Waals surface area contributed by atoms with Gasteiger partial charge >= 0.3 is 0 Å². The van der Waals surface area contributed by atoms with E-state index < -0.39 is 9.84 Å². The van der Waals surface area contributed by atoms with Gasteiger partial charge in [0.1, 0.15) is 0 Å². The molecular formula is C14H21N3O2S. The molecule has 110 valence electrons. The quantitative estimate of drug-likeness (QED) is 0.520. The molecule has 1 atom stereocenters. The van der Waals surface area contributed by atoms with Gasteiger partial charge < -0.3 is 5.73 Å². The molecule has 0 radical (unpaired) electrons. The molecule has 1 aliphatic heterocycles. The van der Waals surface area contributed by atoms with Gasteiger partial charge in [-0.2, -0.15) is 5.10 Å². The van der Waals surface area contributed by atoms with Crippen LogP contribution in [0.1, 0.15) is 25.8 Å². The molecule has 6 heteroatoms. The first-order chi connectivity index (χ1) is 9.35. The van der Waals surface area contributed by atoms with Crippen molar-refractivity contribution in [2.75, 3.05) is 17.2 Å². The highest BCUT2D eigenvalue weighted by molar-refractivity contribution is 7.91. The van der Waals surface area contributed by atoms with Crippen LogP contribution in [0.2, 0.25) is 0 Å². The van der Waals surface area contributed by atoms with Gasteiger partial charge in [0.25, 0.3) is 0 Å². The molecule has 0 saturated carbocycles. The van der Waals surface area contributed by atoms with Gasteiger partial charge in [-0.3, -0.25) is 5.01 Å². The third kappa shape index (κ3) is 3.96. The number of hydrogen-bond acceptors (Lipinski definition) is 5. The van der Waals surface area contributed by atoms with Crippen molar-refractivity contribution in [3.8, 4) is 0 Å². The predicted octanol–water partition coefficient (Wildman–Crippen LogP) is 1.65. The fraction of sp³-hybridized carbons (Fsp3) is 0.500. The maximum atomic E-state index is 11.6. The first-order valence-corrected chi connectivity index (χ1v) is 8.51. The van der Waals surface area contributed by atoms with Crippen molar-refractivity contribution in [3.63, 3.8) is 0 Å². The number of hydrazone groups is 1. The average Bonchev–Trinajstić information content (AvgIpc) is 2.71. The molecule has 0 unspecified atom stereocenters. The normalized spacial score (nSPS) is 20.6. The Morgan fingerprint density at radius 1 is 1.35 bits per heavy atom. The van der Waals surface area contributed by atoms with Gasteiger partial charge in [0.05, 0.1) is 24.1 Å². The third-order valence-corrected chi connectivity index (χ3v) is 5.03. The standard InChI is InChI=1S/C14H21N3O2S/c1-11(2)16-17(14-7-8-20(18,19)10-14)9-12-3-5-13(15)6-4-12/h3-6,14H,7-10,15H2,1-2H3/t14-/m0/s1. The van der Waals surface area contributed by atoms with Crippen molar-refractivity contribution >= 4 is 21.2 Å². The van der Waals surface area contributed by atoms with E-state index in [0.717, 1.165) is 17.0 Å². The third-order valence-electron chi connectivity index (χ3n) is 3.28. The number of nitrogen functional groups attached to an aromatic ring is 1. The number of benzene rings is 1. The largest absolute Gasteiger partial charge is 0.399 e. The van der Waals surface area contributed by atoms with Crippen LogP contribution in [0.25, 0.3) is 0 Å². The second kappa shape index (κ2) is 5.83. The van der Waals surface area contributed by atoms with E-state index in [9.17, 15) is 8.42 Å². The Bertz CT molecular complexity index is 589. The zero-order valence-electron chi connectivity index (χ0n) is 11.9. The predicted molar refractivity (Wildman–Crippen MR) is 82.2 cm³/mol. The SMILES string of the molecule is CC(C)=NN(Cc1ccc(N)cc1)[C@H]1CCS(=O)(=O)C1. The molecule has 0 aliphatic carbocycles. The first-order valence-electron chi connectivity index (χ1n) is 6.69. The summed E-state index contributed by atoms with van der Waals surface area (Å²) in [6.07, 6.45) is 0.647. The molecule has 0 amide bonds. The topological polar surface area (TPSA) is 75.8 Å². The highest BCUT2D eigenvalue weighted by Crippen LogP contribution is 2.21. The van der Waals surface area contributed by atoms with Crippen LogP contribution in [0.15, 0.2) is 29.4 Å². The summed E-state index contributed by atoms with van der Waals surface area (Å²) in [5.41, 5.74) is 8.40. The minimum Gasteiger partial charge on any atom is -0.399 e. The van der Waals surface area contributed by atoms with Gasteiger partial charge in [-0.25, -0.2) is 8.42 Å². The summed E-state index contributed by atoms with van der Waals surface area (Å²) in [6.45, 7) is 4.44. The van der Waals surface area contributed by atoms with Crippen LogP contribution in [-0.2, 0) is 16.4 Å². The number of anilines is 1. The Hall–Kier alpha value is -1.56. The van der Waals surface area contributed by atoms with E-state index in [4.69, 9.17) is 5.73 Å². The molecule has 0 bridgehead atoms. The van der Waals surface area contributed by atoms with Gasteiger partial charge in [-0.05, 0) is 38.0 Å². The van der Waals surface area contributed by atoms with Crippen molar-refractivity contribution in [1.29, 1.82) is 0 Å². The van der Waals surface area contributed by atoms with Gasteiger partial charge in [0.2, 0.25) is 0 Å². The molecule has 0 aromatic heterocycles. The lowest BCUT2D eigenvalue weighted by molar-refractivity contribution is 0.213. The zero-order chi connectivity index (χ0) is 14.8. The minimum absolute atomic E-state index is 0.0348. The van der Waals surface area contributed by atoms with E-state index in [2.05, 4.69) is 5.10 Å². The molecule has 5 nitrogen and oxygen atoms in total. The number of nitrogens with two attached hydrogens (primary N) is 1. The van der Waals surface area contributed by atoms with E-state index in [-0.39, 0.29) is 17.5 Å². The Morgan fingerprint density at radius 3 is 2.50 bits per heavy atom. The van der Waals surface area contributed by atoms with Crippen LogP contribution in [0.4, 0.5) is 5.69 Å². The highest BCUT2D eigenvalue weighted by Gasteiger charge is 2.32. The van der Waals surface area contributed by atoms with Gasteiger partial charge in [0, 0.05) is 11.4 Å². The van der Waals surface area contributed by atoms with Gasteiger partial charge in [-0.1, -0.05) is 12.1 Å².